The predicted molar refractivity (Wildman–Crippen MR) is 434 cm³/mol. The van der Waals surface area contributed by atoms with E-state index in [9.17, 15) is 19.0 Å². The van der Waals surface area contributed by atoms with Gasteiger partial charge in [-0.05, 0) is 122 Å². The number of unbranched alkanes of at least 4 members (excludes halogenated alkanes) is 38. The summed E-state index contributed by atoms with van der Waals surface area (Å²) < 4.78 is 34.4. The third kappa shape index (κ3) is 82.8. The van der Waals surface area contributed by atoms with Crippen molar-refractivity contribution in [2.45, 2.75) is 367 Å². The highest BCUT2D eigenvalue weighted by Gasteiger charge is 2.22. The number of phosphoric ester groups is 1. The number of rotatable bonds is 76. The van der Waals surface area contributed by atoms with E-state index in [4.69, 9.17) is 18.5 Å². The lowest BCUT2D eigenvalue weighted by Crippen LogP contribution is -2.37. The molecule has 0 aromatic rings. The van der Waals surface area contributed by atoms with E-state index in [0.717, 1.165) is 122 Å². The minimum absolute atomic E-state index is 0.0405. The summed E-state index contributed by atoms with van der Waals surface area (Å²) in [5.74, 6) is -0.851. The van der Waals surface area contributed by atoms with Crippen molar-refractivity contribution in [3.63, 3.8) is 0 Å². The Hall–Kier alpha value is -4.11. The van der Waals surface area contributed by atoms with Gasteiger partial charge in [0, 0.05) is 12.8 Å². The largest absolute Gasteiger partial charge is 0.756 e. The lowest BCUT2D eigenvalue weighted by Gasteiger charge is -2.28. The first kappa shape index (κ1) is 95.9. The van der Waals surface area contributed by atoms with Gasteiger partial charge in [-0.15, -0.1) is 0 Å². The Balaban J connectivity index is 4.03. The number of phosphoric acid groups is 1. The topological polar surface area (TPSA) is 111 Å². The molecule has 0 aromatic carbocycles. The zero-order valence-electron chi connectivity index (χ0n) is 65.6. The fourth-order valence-corrected chi connectivity index (χ4v) is 12.3. The van der Waals surface area contributed by atoms with Crippen LogP contribution in [0.2, 0.25) is 0 Å². The van der Waals surface area contributed by atoms with E-state index in [1.165, 1.54) is 205 Å². The summed E-state index contributed by atoms with van der Waals surface area (Å²) in [7, 11) is 1.15. The van der Waals surface area contributed by atoms with Gasteiger partial charge in [0.1, 0.15) is 19.8 Å². The zero-order valence-corrected chi connectivity index (χ0v) is 66.5. The standard InChI is InChI=1S/C90H156NO8P/c1-6-8-10-12-14-16-18-20-22-24-26-28-30-32-34-36-38-40-42-44-45-47-49-51-53-55-57-59-61-63-65-67-69-71-73-75-77-79-81-83-90(93)99-88(87-98-100(94,95)97-85-84-91(3,4)5)86-96-89(92)82-80-78-76-74-72-70-68-66-64-62-60-58-56-54-52-50-48-46-43-41-39-37-35-33-31-29-27-25-23-21-19-17-15-13-11-9-7-2/h8,10,14,16,20,22,25-28,32,34,38,40,44-45,49,51,55,57,61,63,67,69,88H,6-7,9,11-13,15,17-19,21,23-24,29-31,33,35-37,39,41-43,46-48,50,52-54,56,58-60,62,64-66,68,70-87H2,1-5H3/b10-8-,16-14-,22-20-,27-25-,28-26-,34-32-,40-38-,45-44-,51-49-,57-55-,63-61-,69-67-. The second kappa shape index (κ2) is 79.0. The van der Waals surface area contributed by atoms with E-state index < -0.39 is 26.5 Å². The maximum atomic E-state index is 12.9. The van der Waals surface area contributed by atoms with Gasteiger partial charge in [-0.1, -0.05) is 372 Å². The number of ether oxygens (including phenoxy) is 2. The molecule has 0 aliphatic carbocycles. The number of hydrogen-bond donors (Lipinski definition) is 0. The van der Waals surface area contributed by atoms with Crippen LogP contribution in [0.3, 0.4) is 0 Å². The summed E-state index contributed by atoms with van der Waals surface area (Å²) in [6.45, 7) is 4.13. The van der Waals surface area contributed by atoms with Crippen molar-refractivity contribution in [2.24, 2.45) is 0 Å². The summed E-state index contributed by atoms with van der Waals surface area (Å²) in [5, 5.41) is 0. The molecule has 0 aliphatic heterocycles. The quantitative estimate of drug-likeness (QED) is 0.0195. The third-order valence-corrected chi connectivity index (χ3v) is 18.8. The van der Waals surface area contributed by atoms with Gasteiger partial charge in [-0.25, -0.2) is 0 Å². The van der Waals surface area contributed by atoms with E-state index in [-0.39, 0.29) is 32.0 Å². The first-order chi connectivity index (χ1) is 49.0. The predicted octanol–water partition coefficient (Wildman–Crippen LogP) is 27.4. The van der Waals surface area contributed by atoms with Crippen LogP contribution in [0.5, 0.6) is 0 Å². The van der Waals surface area contributed by atoms with E-state index in [0.29, 0.717) is 17.4 Å². The number of nitrogens with zero attached hydrogens (tertiary/aromatic N) is 1. The SMILES string of the molecule is CC/C=C\C/C=C\C/C=C\C/C=C\C/C=C\C/C=C\C/C=C\C/C=C\C/C=C\C/C=C\C/C=C\CCCCCCCC(=O)OC(COC(=O)CCCCCCCCCCCCCCCCCCCCCCCCCCC/C=C\CCCCCCCCCC)COP(=O)([O-])OCC[N+](C)(C)C. The molecule has 0 heterocycles. The van der Waals surface area contributed by atoms with Gasteiger partial charge in [0.2, 0.25) is 0 Å². The summed E-state index contributed by atoms with van der Waals surface area (Å²) in [4.78, 5) is 38.2. The van der Waals surface area contributed by atoms with Gasteiger partial charge >= 0.3 is 11.9 Å². The molecule has 0 radical (unpaired) electrons. The van der Waals surface area contributed by atoms with Gasteiger partial charge in [0.15, 0.2) is 6.10 Å². The molecule has 0 fully saturated rings. The van der Waals surface area contributed by atoms with Crippen LogP contribution in [0.4, 0.5) is 0 Å². The second-order valence-electron chi connectivity index (χ2n) is 28.8. The monoisotopic (exact) mass is 1410 g/mol. The van der Waals surface area contributed by atoms with Crippen LogP contribution in [0.25, 0.3) is 0 Å². The molecule has 0 aromatic heterocycles. The smallest absolute Gasteiger partial charge is 0.306 e. The molecule has 10 heteroatoms. The molecule has 574 valence electrons. The van der Waals surface area contributed by atoms with Gasteiger partial charge in [-0.2, -0.15) is 0 Å². The van der Waals surface area contributed by atoms with Crippen LogP contribution < -0.4 is 4.89 Å². The van der Waals surface area contributed by atoms with Crippen LogP contribution in [-0.4, -0.2) is 70.0 Å². The van der Waals surface area contributed by atoms with Crippen molar-refractivity contribution in [2.75, 3.05) is 47.5 Å². The highest BCUT2D eigenvalue weighted by Crippen LogP contribution is 2.38. The Bertz CT molecular complexity index is 2210. The number of allylic oxidation sites excluding steroid dienone is 24. The molecule has 0 saturated heterocycles. The minimum atomic E-state index is -4.66. The summed E-state index contributed by atoms with van der Waals surface area (Å²) in [5.41, 5.74) is 0. The molecule has 0 spiro atoms. The highest BCUT2D eigenvalue weighted by atomic mass is 31.2. The average molecular weight is 1410 g/mol. The van der Waals surface area contributed by atoms with Crippen molar-refractivity contribution >= 4 is 19.8 Å². The van der Waals surface area contributed by atoms with Crippen molar-refractivity contribution in [3.05, 3.63) is 146 Å². The molecule has 0 N–H and O–H groups in total. The fraction of sp³-hybridized carbons (Fsp3) is 0.711. The van der Waals surface area contributed by atoms with Crippen LogP contribution in [0, 0.1) is 0 Å². The average Bonchev–Trinajstić information content (AvgIpc) is 1.07. The van der Waals surface area contributed by atoms with E-state index >= 15 is 0 Å². The van der Waals surface area contributed by atoms with Crippen LogP contribution in [0.15, 0.2) is 146 Å². The molecule has 0 bridgehead atoms. The van der Waals surface area contributed by atoms with E-state index in [1.54, 1.807) is 0 Å². The van der Waals surface area contributed by atoms with Gasteiger partial charge in [0.25, 0.3) is 7.82 Å². The summed E-state index contributed by atoms with van der Waals surface area (Å²) in [6.07, 6.45) is 117. The zero-order chi connectivity index (χ0) is 72.5. The number of esters is 2. The van der Waals surface area contributed by atoms with Gasteiger partial charge in [0.05, 0.1) is 27.7 Å². The maximum Gasteiger partial charge on any atom is 0.306 e. The van der Waals surface area contributed by atoms with Crippen LogP contribution in [-0.2, 0) is 32.7 Å². The molecule has 9 nitrogen and oxygen atoms in total. The van der Waals surface area contributed by atoms with Crippen LogP contribution in [0.1, 0.15) is 361 Å². The number of quaternary nitrogens is 1. The first-order valence-corrected chi connectivity index (χ1v) is 43.0. The normalized spacial score (nSPS) is 13.8. The Labute approximate surface area is 618 Å². The third-order valence-electron chi connectivity index (χ3n) is 17.8. The lowest BCUT2D eigenvalue weighted by atomic mass is 10.0. The summed E-state index contributed by atoms with van der Waals surface area (Å²) in [6, 6.07) is 0. The molecule has 0 amide bonds. The van der Waals surface area contributed by atoms with Crippen molar-refractivity contribution < 1.29 is 42.1 Å². The molecular formula is C90H156NO8P. The first-order valence-electron chi connectivity index (χ1n) is 41.5. The van der Waals surface area contributed by atoms with E-state index in [1.807, 2.05) is 21.1 Å². The summed E-state index contributed by atoms with van der Waals surface area (Å²) >= 11 is 0. The highest BCUT2D eigenvalue weighted by molar-refractivity contribution is 7.45. The van der Waals surface area contributed by atoms with Gasteiger partial charge < -0.3 is 27.9 Å². The Morgan fingerprint density at radius 2 is 0.570 bits per heavy atom. The van der Waals surface area contributed by atoms with Crippen LogP contribution >= 0.6 is 7.82 Å². The second-order valence-corrected chi connectivity index (χ2v) is 30.2. The van der Waals surface area contributed by atoms with Crippen molar-refractivity contribution in [1.29, 1.82) is 0 Å². The Morgan fingerprint density at radius 1 is 0.320 bits per heavy atom. The molecule has 0 rings (SSSR count). The van der Waals surface area contributed by atoms with Crippen molar-refractivity contribution in [1.82, 2.24) is 0 Å². The minimum Gasteiger partial charge on any atom is -0.756 e. The molecule has 100 heavy (non-hydrogen) atoms. The van der Waals surface area contributed by atoms with E-state index in [2.05, 4.69) is 160 Å². The molecule has 2 unspecified atom stereocenters. The fourth-order valence-electron chi connectivity index (χ4n) is 11.5. The number of likely N-dealkylation sites (N-methyl/N-ethyl adjacent to an activating group) is 1. The maximum absolute atomic E-state index is 12.9. The molecule has 0 aliphatic rings. The molecule has 0 saturated carbocycles. The number of hydrogen-bond acceptors (Lipinski definition) is 8. The van der Waals surface area contributed by atoms with Gasteiger partial charge in [-0.3, -0.25) is 14.2 Å². The molecular weight excluding hydrogens is 1250 g/mol. The number of carbonyl (C=O) groups excluding carboxylic acids is 2. The Kier molecular flexibility index (Phi) is 75.8. The number of carbonyl (C=O) groups is 2. The van der Waals surface area contributed by atoms with Crippen molar-refractivity contribution in [3.8, 4) is 0 Å². The Morgan fingerprint density at radius 3 is 0.860 bits per heavy atom. The lowest BCUT2D eigenvalue weighted by molar-refractivity contribution is -0.870. The molecule has 2 atom stereocenters.